The molecule has 0 aliphatic carbocycles. The lowest BCUT2D eigenvalue weighted by atomic mass is 10.1. The SMILES string of the molecule is CC(C)(C)n1c(C2CCCS2)nc2cc(CN)ccc21. The molecule has 0 radical (unpaired) electrons. The first-order valence-electron chi connectivity index (χ1n) is 7.34. The van der Waals surface area contributed by atoms with Gasteiger partial charge in [-0.3, -0.25) is 0 Å². The summed E-state index contributed by atoms with van der Waals surface area (Å²) in [4.78, 5) is 4.96. The topological polar surface area (TPSA) is 43.8 Å². The molecule has 1 aliphatic heterocycles. The summed E-state index contributed by atoms with van der Waals surface area (Å²) in [6.45, 7) is 7.35. The number of hydrogen-bond acceptors (Lipinski definition) is 3. The predicted octanol–water partition coefficient (Wildman–Crippen LogP) is 3.82. The van der Waals surface area contributed by atoms with Crippen LogP contribution in [0.3, 0.4) is 0 Å². The zero-order chi connectivity index (χ0) is 14.3. The third-order valence-electron chi connectivity index (χ3n) is 3.87. The fraction of sp³-hybridized carbons (Fsp3) is 0.562. The number of hydrogen-bond donors (Lipinski definition) is 1. The molecule has 108 valence electrons. The Bertz CT molecular complexity index is 618. The summed E-state index contributed by atoms with van der Waals surface area (Å²) >= 11 is 2.04. The molecule has 0 bridgehead atoms. The number of nitrogens with two attached hydrogens (primary N) is 1. The van der Waals surface area contributed by atoms with Gasteiger partial charge in [-0.1, -0.05) is 6.07 Å². The predicted molar refractivity (Wildman–Crippen MR) is 87.1 cm³/mol. The van der Waals surface area contributed by atoms with Gasteiger partial charge in [0.2, 0.25) is 0 Å². The maximum absolute atomic E-state index is 5.75. The van der Waals surface area contributed by atoms with Gasteiger partial charge >= 0.3 is 0 Å². The van der Waals surface area contributed by atoms with E-state index < -0.39 is 0 Å². The lowest BCUT2D eigenvalue weighted by Gasteiger charge is -2.26. The Morgan fingerprint density at radius 1 is 1.40 bits per heavy atom. The molecular formula is C16H23N3S. The number of thioether (sulfide) groups is 1. The van der Waals surface area contributed by atoms with E-state index in [9.17, 15) is 0 Å². The van der Waals surface area contributed by atoms with Crippen molar-refractivity contribution < 1.29 is 0 Å². The van der Waals surface area contributed by atoms with Gasteiger partial charge in [0.05, 0.1) is 16.3 Å². The highest BCUT2D eigenvalue weighted by Crippen LogP contribution is 2.42. The van der Waals surface area contributed by atoms with Gasteiger partial charge in [0.25, 0.3) is 0 Å². The number of imidazole rings is 1. The zero-order valence-corrected chi connectivity index (χ0v) is 13.3. The van der Waals surface area contributed by atoms with Crippen LogP contribution in [0.5, 0.6) is 0 Å². The van der Waals surface area contributed by atoms with Gasteiger partial charge in [0, 0.05) is 12.1 Å². The molecule has 2 heterocycles. The van der Waals surface area contributed by atoms with Gasteiger partial charge in [-0.05, 0) is 57.1 Å². The standard InChI is InChI=1S/C16H23N3S/c1-16(2,3)19-13-7-6-11(10-17)9-12(13)18-15(19)14-5-4-8-20-14/h6-7,9,14H,4-5,8,10,17H2,1-3H3. The van der Waals surface area contributed by atoms with Crippen molar-refractivity contribution in [3.05, 3.63) is 29.6 Å². The fourth-order valence-electron chi connectivity index (χ4n) is 2.97. The monoisotopic (exact) mass is 289 g/mol. The number of rotatable bonds is 2. The Labute approximate surface area is 124 Å². The van der Waals surface area contributed by atoms with Crippen molar-refractivity contribution in [2.24, 2.45) is 5.73 Å². The first-order valence-corrected chi connectivity index (χ1v) is 8.39. The lowest BCUT2D eigenvalue weighted by molar-refractivity contribution is 0.392. The van der Waals surface area contributed by atoms with E-state index in [1.807, 2.05) is 11.8 Å². The van der Waals surface area contributed by atoms with E-state index in [0.29, 0.717) is 11.8 Å². The van der Waals surface area contributed by atoms with Gasteiger partial charge in [0.15, 0.2) is 0 Å². The molecule has 2 aromatic rings. The van der Waals surface area contributed by atoms with E-state index in [1.54, 1.807) is 0 Å². The van der Waals surface area contributed by atoms with Crippen molar-refractivity contribution in [1.29, 1.82) is 0 Å². The van der Waals surface area contributed by atoms with Gasteiger partial charge in [-0.2, -0.15) is 11.8 Å². The average molecular weight is 289 g/mol. The molecule has 1 atom stereocenters. The number of nitrogens with zero attached hydrogens (tertiary/aromatic N) is 2. The summed E-state index contributed by atoms with van der Waals surface area (Å²) in [7, 11) is 0. The van der Waals surface area contributed by atoms with Crippen LogP contribution in [0.4, 0.5) is 0 Å². The summed E-state index contributed by atoms with van der Waals surface area (Å²) in [5.74, 6) is 2.50. The zero-order valence-electron chi connectivity index (χ0n) is 12.5. The molecule has 2 N–H and O–H groups in total. The van der Waals surface area contributed by atoms with Crippen LogP contribution in [0.1, 0.15) is 50.3 Å². The minimum absolute atomic E-state index is 0.0530. The van der Waals surface area contributed by atoms with Gasteiger partial charge < -0.3 is 10.3 Å². The molecule has 3 rings (SSSR count). The van der Waals surface area contributed by atoms with Crippen LogP contribution in [0.15, 0.2) is 18.2 Å². The first kappa shape index (κ1) is 14.0. The molecule has 4 heteroatoms. The minimum atomic E-state index is 0.0530. The smallest absolute Gasteiger partial charge is 0.123 e. The van der Waals surface area contributed by atoms with Crippen LogP contribution >= 0.6 is 11.8 Å². The Kier molecular flexibility index (Phi) is 3.55. The van der Waals surface area contributed by atoms with Crippen LogP contribution in [-0.2, 0) is 12.1 Å². The van der Waals surface area contributed by atoms with E-state index in [-0.39, 0.29) is 5.54 Å². The Balaban J connectivity index is 2.21. The molecule has 1 aromatic heterocycles. The molecule has 1 aliphatic rings. The Hall–Kier alpha value is -1.00. The van der Waals surface area contributed by atoms with Crippen molar-refractivity contribution in [1.82, 2.24) is 9.55 Å². The highest BCUT2D eigenvalue weighted by molar-refractivity contribution is 7.99. The van der Waals surface area contributed by atoms with Crippen molar-refractivity contribution in [2.45, 2.75) is 50.9 Å². The minimum Gasteiger partial charge on any atom is -0.326 e. The quantitative estimate of drug-likeness (QED) is 0.914. The van der Waals surface area contributed by atoms with E-state index in [2.05, 4.69) is 43.5 Å². The summed E-state index contributed by atoms with van der Waals surface area (Å²) in [6, 6.07) is 6.44. The average Bonchev–Trinajstić information content (AvgIpc) is 3.03. The highest BCUT2D eigenvalue weighted by atomic mass is 32.2. The number of aromatic nitrogens is 2. The van der Waals surface area contributed by atoms with E-state index in [4.69, 9.17) is 10.7 Å². The summed E-state index contributed by atoms with van der Waals surface area (Å²) < 4.78 is 2.42. The van der Waals surface area contributed by atoms with Gasteiger partial charge in [-0.15, -0.1) is 0 Å². The third kappa shape index (κ3) is 2.35. The number of fused-ring (bicyclic) bond motifs is 1. The second-order valence-electron chi connectivity index (χ2n) is 6.51. The Morgan fingerprint density at radius 2 is 2.20 bits per heavy atom. The summed E-state index contributed by atoms with van der Waals surface area (Å²) in [5, 5.41) is 0.544. The van der Waals surface area contributed by atoms with E-state index in [1.165, 1.54) is 29.9 Å². The maximum Gasteiger partial charge on any atom is 0.123 e. The van der Waals surface area contributed by atoms with Crippen LogP contribution < -0.4 is 5.73 Å². The summed E-state index contributed by atoms with van der Waals surface area (Å²) in [5.41, 5.74) is 9.28. The van der Waals surface area contributed by atoms with Crippen LogP contribution in [0.25, 0.3) is 11.0 Å². The fourth-order valence-corrected chi connectivity index (χ4v) is 4.23. The van der Waals surface area contributed by atoms with Crippen molar-refractivity contribution in [3.63, 3.8) is 0 Å². The highest BCUT2D eigenvalue weighted by Gasteiger charge is 2.28. The summed E-state index contributed by atoms with van der Waals surface area (Å²) in [6.07, 6.45) is 2.55. The molecule has 3 nitrogen and oxygen atoms in total. The molecule has 1 unspecified atom stereocenters. The van der Waals surface area contributed by atoms with Gasteiger partial charge in [-0.25, -0.2) is 4.98 Å². The van der Waals surface area contributed by atoms with Crippen LogP contribution in [-0.4, -0.2) is 15.3 Å². The molecule has 0 spiro atoms. The molecule has 0 saturated carbocycles. The van der Waals surface area contributed by atoms with Gasteiger partial charge in [0.1, 0.15) is 5.82 Å². The van der Waals surface area contributed by atoms with E-state index >= 15 is 0 Å². The Morgan fingerprint density at radius 3 is 2.80 bits per heavy atom. The molecule has 1 aromatic carbocycles. The molecule has 0 amide bonds. The second kappa shape index (κ2) is 5.08. The largest absolute Gasteiger partial charge is 0.326 e. The molecule has 20 heavy (non-hydrogen) atoms. The molecular weight excluding hydrogens is 266 g/mol. The second-order valence-corrected chi connectivity index (χ2v) is 7.82. The lowest BCUT2D eigenvalue weighted by Crippen LogP contribution is -2.24. The molecule has 1 saturated heterocycles. The maximum atomic E-state index is 5.75. The first-order chi connectivity index (χ1) is 9.50. The van der Waals surface area contributed by atoms with Crippen molar-refractivity contribution in [3.8, 4) is 0 Å². The van der Waals surface area contributed by atoms with E-state index in [0.717, 1.165) is 11.1 Å². The van der Waals surface area contributed by atoms with Crippen LogP contribution in [0, 0.1) is 0 Å². The van der Waals surface area contributed by atoms with Crippen molar-refractivity contribution in [2.75, 3.05) is 5.75 Å². The number of benzene rings is 1. The normalized spacial score (nSPS) is 19.9. The van der Waals surface area contributed by atoms with Crippen LogP contribution in [0.2, 0.25) is 0 Å². The molecule has 1 fully saturated rings. The third-order valence-corrected chi connectivity index (χ3v) is 5.24. The van der Waals surface area contributed by atoms with Crippen molar-refractivity contribution >= 4 is 22.8 Å².